The minimum atomic E-state index is -4.80. The smallest absolute Gasteiger partial charge is 0.433 e. The van der Waals surface area contributed by atoms with E-state index in [-0.39, 0.29) is 27.9 Å². The van der Waals surface area contributed by atoms with Crippen molar-refractivity contribution in [3.8, 4) is 11.5 Å². The number of carbonyl (C=O) groups is 2. The van der Waals surface area contributed by atoms with Crippen molar-refractivity contribution in [2.75, 3.05) is 5.32 Å². The van der Waals surface area contributed by atoms with E-state index in [1.54, 1.807) is 0 Å². The van der Waals surface area contributed by atoms with Crippen molar-refractivity contribution in [3.05, 3.63) is 70.7 Å². The molecule has 0 fully saturated rings. The maximum Gasteiger partial charge on any atom is 0.433 e. The number of hydrogen-bond acceptors (Lipinski definition) is 5. The van der Waals surface area contributed by atoms with E-state index >= 15 is 0 Å². The second kappa shape index (κ2) is 7.55. The molecule has 11 heteroatoms. The zero-order valence-electron chi connectivity index (χ0n) is 15.7. The first-order valence-corrected chi connectivity index (χ1v) is 9.15. The summed E-state index contributed by atoms with van der Waals surface area (Å²) in [5, 5.41) is 5.89. The molecule has 7 nitrogen and oxygen atoms in total. The van der Waals surface area contributed by atoms with Gasteiger partial charge in [-0.15, -0.1) is 0 Å². The summed E-state index contributed by atoms with van der Waals surface area (Å²) in [5.74, 6) is -0.889. The fourth-order valence-electron chi connectivity index (χ4n) is 2.87. The highest BCUT2D eigenvalue weighted by Crippen LogP contribution is 2.34. The predicted octanol–water partition coefficient (Wildman–Crippen LogP) is 5.12. The summed E-state index contributed by atoms with van der Waals surface area (Å²) < 4.78 is 46.5. The molecule has 0 aliphatic carbocycles. The fourth-order valence-corrected chi connectivity index (χ4v) is 3.11. The van der Waals surface area contributed by atoms with Crippen molar-refractivity contribution in [2.45, 2.75) is 13.1 Å². The van der Waals surface area contributed by atoms with Crippen LogP contribution in [0, 0.1) is 0 Å². The Morgan fingerprint density at radius 1 is 1.16 bits per heavy atom. The maximum atomic E-state index is 13.6. The number of rotatable bonds is 4. The second-order valence-electron chi connectivity index (χ2n) is 6.49. The summed E-state index contributed by atoms with van der Waals surface area (Å²) in [4.78, 5) is 28.1. The highest BCUT2D eigenvalue weighted by atomic mass is 35.5. The van der Waals surface area contributed by atoms with Crippen molar-refractivity contribution in [3.63, 3.8) is 0 Å². The lowest BCUT2D eigenvalue weighted by atomic mass is 10.1. The van der Waals surface area contributed by atoms with Crippen molar-refractivity contribution in [1.29, 1.82) is 0 Å². The Kier molecular flexibility index (Phi) is 5.02. The molecule has 0 aliphatic heterocycles. The number of carbonyl (C=O) groups excluding carboxylic acids is 2. The third kappa shape index (κ3) is 3.89. The number of amides is 1. The molecule has 1 N–H and O–H groups in total. The van der Waals surface area contributed by atoms with Crippen molar-refractivity contribution >= 4 is 34.6 Å². The van der Waals surface area contributed by atoms with Crippen LogP contribution in [0.15, 0.2) is 53.1 Å². The number of ketones is 1. The molecule has 0 saturated heterocycles. The Morgan fingerprint density at radius 2 is 1.87 bits per heavy atom. The largest absolute Gasteiger partial charge is 0.463 e. The summed E-state index contributed by atoms with van der Waals surface area (Å²) in [5.41, 5.74) is -1.32. The second-order valence-corrected chi connectivity index (χ2v) is 6.87. The number of halogens is 4. The minimum absolute atomic E-state index is 0.0989. The van der Waals surface area contributed by atoms with E-state index in [0.29, 0.717) is 15.8 Å². The molecule has 0 radical (unpaired) electrons. The number of alkyl halides is 3. The highest BCUT2D eigenvalue weighted by molar-refractivity contribution is 6.37. The minimum Gasteiger partial charge on any atom is -0.463 e. The molecule has 3 aromatic heterocycles. The zero-order chi connectivity index (χ0) is 22.3. The van der Waals surface area contributed by atoms with Gasteiger partial charge in [0.25, 0.3) is 5.91 Å². The highest BCUT2D eigenvalue weighted by Gasteiger charge is 2.37. The first-order valence-electron chi connectivity index (χ1n) is 8.78. The van der Waals surface area contributed by atoms with Gasteiger partial charge in [-0.05, 0) is 49.4 Å². The standard InChI is InChI=1S/C20H12ClF3N4O3/c1-10(29)11-4-6-12(7-5-11)25-19(30)17-16(21)18-26-13(14-3-2-8-31-14)9-15(20(22,23)24)28(18)27-17/h2-9H,1H3,(H,25,30). The van der Waals surface area contributed by atoms with Crippen LogP contribution in [0.1, 0.15) is 33.5 Å². The van der Waals surface area contributed by atoms with Gasteiger partial charge in [0.05, 0.1) is 6.26 Å². The van der Waals surface area contributed by atoms with Gasteiger partial charge in [0.15, 0.2) is 28.6 Å². The molecule has 1 amide bonds. The predicted molar refractivity (Wildman–Crippen MR) is 105 cm³/mol. The van der Waals surface area contributed by atoms with Gasteiger partial charge in [0.2, 0.25) is 0 Å². The SMILES string of the molecule is CC(=O)c1ccc(NC(=O)c2nn3c(C(F)(F)F)cc(-c4ccco4)nc3c2Cl)cc1. The third-order valence-electron chi connectivity index (χ3n) is 4.36. The number of furan rings is 1. The van der Waals surface area contributed by atoms with E-state index < -0.39 is 23.5 Å². The first kappa shape index (κ1) is 20.6. The number of anilines is 1. The van der Waals surface area contributed by atoms with Crippen LogP contribution in [-0.4, -0.2) is 26.3 Å². The molecular formula is C20H12ClF3N4O3. The molecule has 0 bridgehead atoms. The molecule has 4 aromatic rings. The van der Waals surface area contributed by atoms with Crippen LogP contribution in [0.3, 0.4) is 0 Å². The summed E-state index contributed by atoms with van der Waals surface area (Å²) in [6.07, 6.45) is -3.50. The molecule has 0 saturated carbocycles. The number of nitrogens with zero attached hydrogens (tertiary/aromatic N) is 3. The van der Waals surface area contributed by atoms with Crippen molar-refractivity contribution in [1.82, 2.24) is 14.6 Å². The van der Waals surface area contributed by atoms with Crippen LogP contribution in [0.25, 0.3) is 17.1 Å². The Bertz CT molecular complexity index is 1300. The molecule has 31 heavy (non-hydrogen) atoms. The molecule has 0 aliphatic rings. The molecule has 3 heterocycles. The van der Waals surface area contributed by atoms with Crippen LogP contribution in [0.4, 0.5) is 18.9 Å². The monoisotopic (exact) mass is 448 g/mol. The summed E-state index contributed by atoms with van der Waals surface area (Å²) >= 11 is 6.19. The molecule has 1 aromatic carbocycles. The maximum absolute atomic E-state index is 13.6. The number of nitrogens with one attached hydrogen (secondary N) is 1. The fraction of sp³-hybridized carbons (Fsp3) is 0.100. The lowest BCUT2D eigenvalue weighted by molar-refractivity contribution is -0.142. The van der Waals surface area contributed by atoms with E-state index in [1.165, 1.54) is 49.6 Å². The van der Waals surface area contributed by atoms with Gasteiger partial charge in [-0.25, -0.2) is 9.50 Å². The number of fused-ring (bicyclic) bond motifs is 1. The Labute approximate surface area is 177 Å². The lowest BCUT2D eigenvalue weighted by Gasteiger charge is -2.09. The number of hydrogen-bond donors (Lipinski definition) is 1. The molecule has 0 unspecified atom stereocenters. The molecule has 0 atom stereocenters. The van der Waals surface area contributed by atoms with Crippen molar-refractivity contribution in [2.24, 2.45) is 0 Å². The van der Waals surface area contributed by atoms with Gasteiger partial charge >= 0.3 is 6.18 Å². The van der Waals surface area contributed by atoms with Crippen LogP contribution in [-0.2, 0) is 6.18 Å². The van der Waals surface area contributed by atoms with Gasteiger partial charge in [-0.1, -0.05) is 11.6 Å². The van der Waals surface area contributed by atoms with Gasteiger partial charge in [0, 0.05) is 11.3 Å². The van der Waals surface area contributed by atoms with Crippen LogP contribution < -0.4 is 5.32 Å². The topological polar surface area (TPSA) is 89.5 Å². The Morgan fingerprint density at radius 3 is 2.45 bits per heavy atom. The van der Waals surface area contributed by atoms with Crippen LogP contribution >= 0.6 is 11.6 Å². The summed E-state index contributed by atoms with van der Waals surface area (Å²) in [7, 11) is 0. The van der Waals surface area contributed by atoms with Gasteiger partial charge < -0.3 is 9.73 Å². The Hall–Kier alpha value is -3.66. The molecule has 158 valence electrons. The molecular weight excluding hydrogens is 437 g/mol. The Balaban J connectivity index is 1.77. The van der Waals surface area contributed by atoms with E-state index in [2.05, 4.69) is 15.4 Å². The zero-order valence-corrected chi connectivity index (χ0v) is 16.5. The van der Waals surface area contributed by atoms with Gasteiger partial charge in [0.1, 0.15) is 10.7 Å². The van der Waals surface area contributed by atoms with E-state index in [0.717, 1.165) is 6.07 Å². The van der Waals surface area contributed by atoms with Crippen LogP contribution in [0.5, 0.6) is 0 Å². The third-order valence-corrected chi connectivity index (χ3v) is 4.71. The van der Waals surface area contributed by atoms with Crippen LogP contribution in [0.2, 0.25) is 5.02 Å². The van der Waals surface area contributed by atoms with Crippen molar-refractivity contribution < 1.29 is 27.2 Å². The number of aromatic nitrogens is 3. The number of benzene rings is 1. The van der Waals surface area contributed by atoms with E-state index in [9.17, 15) is 22.8 Å². The van der Waals surface area contributed by atoms with Gasteiger partial charge in [-0.3, -0.25) is 9.59 Å². The average molecular weight is 449 g/mol. The summed E-state index contributed by atoms with van der Waals surface area (Å²) in [6, 6.07) is 9.67. The van der Waals surface area contributed by atoms with E-state index in [1.807, 2.05) is 0 Å². The average Bonchev–Trinajstić information content (AvgIpc) is 3.35. The molecule has 4 rings (SSSR count). The van der Waals surface area contributed by atoms with Gasteiger partial charge in [-0.2, -0.15) is 18.3 Å². The normalized spacial score (nSPS) is 11.6. The first-order chi connectivity index (χ1) is 14.6. The lowest BCUT2D eigenvalue weighted by Crippen LogP contribution is -2.15. The summed E-state index contributed by atoms with van der Waals surface area (Å²) in [6.45, 7) is 1.40. The number of Topliss-reactive ketones (excluding diaryl/α,β-unsaturated/α-hetero) is 1. The molecule has 0 spiro atoms. The quantitative estimate of drug-likeness (QED) is 0.438. The van der Waals surface area contributed by atoms with E-state index in [4.69, 9.17) is 16.0 Å².